The van der Waals surface area contributed by atoms with E-state index >= 15 is 0 Å². The number of rotatable bonds is 8. The predicted molar refractivity (Wildman–Crippen MR) is 113 cm³/mol. The van der Waals surface area contributed by atoms with Crippen LogP contribution in [0.1, 0.15) is 27.0 Å². The number of benzene rings is 3. The van der Waals surface area contributed by atoms with E-state index in [1.54, 1.807) is 24.3 Å². The second-order valence-corrected chi connectivity index (χ2v) is 7.13. The molecule has 3 rings (SSSR count). The molecule has 0 bridgehead atoms. The molecule has 0 aliphatic rings. The SMILES string of the molecule is NC(=O)[C@H](Cc1cccc(OCc2ccccc2)c1)NC(=O)c1ccc(C(F)(F)F)cc1. The zero-order valence-electron chi connectivity index (χ0n) is 16.9. The van der Waals surface area contributed by atoms with Gasteiger partial charge < -0.3 is 15.8 Å². The summed E-state index contributed by atoms with van der Waals surface area (Å²) in [6, 6.07) is 19.3. The van der Waals surface area contributed by atoms with Gasteiger partial charge in [0.15, 0.2) is 0 Å². The number of amides is 2. The molecular weight excluding hydrogens is 421 g/mol. The van der Waals surface area contributed by atoms with Crippen molar-refractivity contribution in [2.75, 3.05) is 0 Å². The topological polar surface area (TPSA) is 81.4 Å². The van der Waals surface area contributed by atoms with Gasteiger partial charge in [-0.3, -0.25) is 9.59 Å². The standard InChI is InChI=1S/C24H21F3N2O3/c25-24(26,27)19-11-9-18(10-12-19)23(31)29-21(22(28)30)14-17-7-4-8-20(13-17)32-15-16-5-2-1-3-6-16/h1-13,21H,14-15H2,(H2,28,30)(H,29,31)/t21-/m0/s1. The molecule has 0 spiro atoms. The molecule has 3 aromatic carbocycles. The van der Waals surface area contributed by atoms with Gasteiger partial charge in [-0.15, -0.1) is 0 Å². The highest BCUT2D eigenvalue weighted by molar-refractivity contribution is 5.97. The van der Waals surface area contributed by atoms with Gasteiger partial charge in [-0.05, 0) is 47.5 Å². The second-order valence-electron chi connectivity index (χ2n) is 7.13. The molecule has 1 atom stereocenters. The molecule has 0 saturated carbocycles. The van der Waals surface area contributed by atoms with Gasteiger partial charge in [0, 0.05) is 12.0 Å². The van der Waals surface area contributed by atoms with Crippen molar-refractivity contribution in [3.05, 3.63) is 101 Å². The van der Waals surface area contributed by atoms with Gasteiger partial charge in [0.05, 0.1) is 5.56 Å². The molecular formula is C24H21F3N2O3. The lowest BCUT2D eigenvalue weighted by Gasteiger charge is -2.17. The molecule has 8 heteroatoms. The lowest BCUT2D eigenvalue weighted by molar-refractivity contribution is -0.137. The van der Waals surface area contributed by atoms with Crippen LogP contribution < -0.4 is 15.8 Å². The Labute approximate surface area is 183 Å². The van der Waals surface area contributed by atoms with Crippen molar-refractivity contribution < 1.29 is 27.5 Å². The zero-order chi connectivity index (χ0) is 23.1. The molecule has 5 nitrogen and oxygen atoms in total. The van der Waals surface area contributed by atoms with E-state index in [1.807, 2.05) is 30.3 Å². The van der Waals surface area contributed by atoms with Crippen molar-refractivity contribution in [3.63, 3.8) is 0 Å². The molecule has 0 aliphatic heterocycles. The van der Waals surface area contributed by atoms with Crippen LogP contribution in [0.2, 0.25) is 0 Å². The molecule has 0 fully saturated rings. The first kappa shape index (κ1) is 22.9. The van der Waals surface area contributed by atoms with Crippen molar-refractivity contribution in [2.24, 2.45) is 5.73 Å². The Hall–Kier alpha value is -3.81. The number of halogens is 3. The van der Waals surface area contributed by atoms with Gasteiger partial charge in [-0.1, -0.05) is 42.5 Å². The van der Waals surface area contributed by atoms with E-state index in [0.717, 1.165) is 29.8 Å². The highest BCUT2D eigenvalue weighted by atomic mass is 19.4. The predicted octanol–water partition coefficient (Wildman–Crippen LogP) is 4.11. The lowest BCUT2D eigenvalue weighted by Crippen LogP contribution is -2.45. The van der Waals surface area contributed by atoms with Crippen molar-refractivity contribution >= 4 is 11.8 Å². The molecule has 2 amide bonds. The average Bonchev–Trinajstić information content (AvgIpc) is 2.77. The third kappa shape index (κ3) is 6.34. The van der Waals surface area contributed by atoms with Gasteiger partial charge in [-0.2, -0.15) is 13.2 Å². The van der Waals surface area contributed by atoms with E-state index in [1.165, 1.54) is 0 Å². The lowest BCUT2D eigenvalue weighted by atomic mass is 10.0. The largest absolute Gasteiger partial charge is 0.489 e. The fraction of sp³-hybridized carbons (Fsp3) is 0.167. The minimum Gasteiger partial charge on any atom is -0.489 e. The van der Waals surface area contributed by atoms with Crippen LogP contribution in [0.3, 0.4) is 0 Å². The molecule has 3 N–H and O–H groups in total. The van der Waals surface area contributed by atoms with Crippen LogP contribution in [0, 0.1) is 0 Å². The average molecular weight is 442 g/mol. The Morgan fingerprint density at radius 2 is 1.56 bits per heavy atom. The van der Waals surface area contributed by atoms with Crippen LogP contribution in [0.4, 0.5) is 13.2 Å². The fourth-order valence-electron chi connectivity index (χ4n) is 3.01. The van der Waals surface area contributed by atoms with Gasteiger partial charge in [0.2, 0.25) is 5.91 Å². The first-order valence-electron chi connectivity index (χ1n) is 9.75. The van der Waals surface area contributed by atoms with Crippen LogP contribution in [-0.4, -0.2) is 17.9 Å². The molecule has 3 aromatic rings. The van der Waals surface area contributed by atoms with Crippen LogP contribution in [-0.2, 0) is 24.0 Å². The maximum atomic E-state index is 12.7. The minimum atomic E-state index is -4.50. The normalized spacial score (nSPS) is 12.1. The molecule has 0 unspecified atom stereocenters. The Bertz CT molecular complexity index is 1070. The number of primary amides is 1. The van der Waals surface area contributed by atoms with E-state index in [9.17, 15) is 22.8 Å². The van der Waals surface area contributed by atoms with E-state index in [0.29, 0.717) is 17.9 Å². The minimum absolute atomic E-state index is 0.0100. The third-order valence-corrected chi connectivity index (χ3v) is 4.71. The highest BCUT2D eigenvalue weighted by Gasteiger charge is 2.30. The number of alkyl halides is 3. The van der Waals surface area contributed by atoms with Crippen molar-refractivity contribution in [3.8, 4) is 5.75 Å². The van der Waals surface area contributed by atoms with Crippen LogP contribution >= 0.6 is 0 Å². The van der Waals surface area contributed by atoms with Gasteiger partial charge in [0.25, 0.3) is 5.91 Å². The van der Waals surface area contributed by atoms with E-state index in [-0.39, 0.29) is 12.0 Å². The van der Waals surface area contributed by atoms with Crippen molar-refractivity contribution in [1.82, 2.24) is 5.32 Å². The molecule has 0 aromatic heterocycles. The number of hydrogen-bond acceptors (Lipinski definition) is 3. The quantitative estimate of drug-likeness (QED) is 0.551. The van der Waals surface area contributed by atoms with Gasteiger partial charge in [-0.25, -0.2) is 0 Å². The van der Waals surface area contributed by atoms with Crippen LogP contribution in [0.15, 0.2) is 78.9 Å². The summed E-state index contributed by atoms with van der Waals surface area (Å²) in [5.74, 6) is -0.872. The number of hydrogen-bond donors (Lipinski definition) is 2. The molecule has 0 aliphatic carbocycles. The highest BCUT2D eigenvalue weighted by Crippen LogP contribution is 2.29. The first-order chi connectivity index (χ1) is 15.2. The summed E-state index contributed by atoms with van der Waals surface area (Å²) >= 11 is 0. The van der Waals surface area contributed by atoms with Gasteiger partial charge in [0.1, 0.15) is 18.4 Å². The maximum absolute atomic E-state index is 12.7. The molecule has 166 valence electrons. The monoisotopic (exact) mass is 442 g/mol. The Kier molecular flexibility index (Phi) is 7.14. The summed E-state index contributed by atoms with van der Waals surface area (Å²) < 4.78 is 43.8. The van der Waals surface area contributed by atoms with E-state index in [4.69, 9.17) is 10.5 Å². The Morgan fingerprint density at radius 1 is 0.906 bits per heavy atom. The summed E-state index contributed by atoms with van der Waals surface area (Å²) in [5, 5.41) is 2.48. The zero-order valence-corrected chi connectivity index (χ0v) is 16.9. The third-order valence-electron chi connectivity index (χ3n) is 4.71. The van der Waals surface area contributed by atoms with Crippen LogP contribution in [0.25, 0.3) is 0 Å². The molecule has 0 heterocycles. The number of carbonyl (C=O) groups is 2. The Morgan fingerprint density at radius 3 is 2.19 bits per heavy atom. The van der Waals surface area contributed by atoms with Crippen LogP contribution in [0.5, 0.6) is 5.75 Å². The summed E-state index contributed by atoms with van der Waals surface area (Å²) in [6.45, 7) is 0.369. The number of ether oxygens (including phenoxy) is 1. The summed E-state index contributed by atoms with van der Waals surface area (Å²) in [6.07, 6.45) is -4.40. The summed E-state index contributed by atoms with van der Waals surface area (Å²) in [5.41, 5.74) is 6.25. The van der Waals surface area contributed by atoms with Crippen molar-refractivity contribution in [1.29, 1.82) is 0 Å². The number of nitrogens with one attached hydrogen (secondary N) is 1. The van der Waals surface area contributed by atoms with E-state index in [2.05, 4.69) is 5.32 Å². The first-order valence-corrected chi connectivity index (χ1v) is 9.75. The smallest absolute Gasteiger partial charge is 0.416 e. The fourth-order valence-corrected chi connectivity index (χ4v) is 3.01. The number of carbonyl (C=O) groups excluding carboxylic acids is 2. The molecule has 32 heavy (non-hydrogen) atoms. The summed E-state index contributed by atoms with van der Waals surface area (Å²) in [4.78, 5) is 24.3. The summed E-state index contributed by atoms with van der Waals surface area (Å²) in [7, 11) is 0. The second kappa shape index (κ2) is 10.00. The van der Waals surface area contributed by atoms with Crippen molar-refractivity contribution in [2.45, 2.75) is 25.2 Å². The maximum Gasteiger partial charge on any atom is 0.416 e. The number of nitrogens with two attached hydrogens (primary N) is 1. The molecule has 0 radical (unpaired) electrons. The van der Waals surface area contributed by atoms with E-state index < -0.39 is 29.6 Å². The Balaban J connectivity index is 1.65. The molecule has 0 saturated heterocycles. The van der Waals surface area contributed by atoms with Gasteiger partial charge >= 0.3 is 6.18 Å².